The van der Waals surface area contributed by atoms with Crippen LogP contribution in [0.15, 0.2) is 12.3 Å². The lowest BCUT2D eigenvalue weighted by Crippen LogP contribution is -2.41. The third-order valence-electron chi connectivity index (χ3n) is 2.00. The minimum atomic E-state index is -0.284. The molecule has 62 valence electrons. The van der Waals surface area contributed by atoms with Gasteiger partial charge >= 0.3 is 6.09 Å². The van der Waals surface area contributed by atoms with Crippen molar-refractivity contribution >= 4 is 6.09 Å². The SMILES string of the molecule is C=C1CC(CC)N(C)C(=O)O1. The average Bonchev–Trinajstić information content (AvgIpc) is 1.96. The maximum Gasteiger partial charge on any atom is 0.414 e. The second-order valence-electron chi connectivity index (χ2n) is 2.78. The molecule has 0 radical (unpaired) electrons. The molecule has 0 N–H and O–H groups in total. The zero-order valence-corrected chi connectivity index (χ0v) is 6.96. The summed E-state index contributed by atoms with van der Waals surface area (Å²) >= 11 is 0. The third-order valence-corrected chi connectivity index (χ3v) is 2.00. The minimum Gasteiger partial charge on any atom is -0.415 e. The molecular formula is C8H13NO2. The Morgan fingerprint density at radius 2 is 2.45 bits per heavy atom. The first kappa shape index (κ1) is 8.11. The summed E-state index contributed by atoms with van der Waals surface area (Å²) in [5, 5.41) is 0. The number of hydrogen-bond acceptors (Lipinski definition) is 2. The van der Waals surface area contributed by atoms with Crippen LogP contribution >= 0.6 is 0 Å². The molecule has 3 nitrogen and oxygen atoms in total. The van der Waals surface area contributed by atoms with Crippen molar-refractivity contribution < 1.29 is 9.53 Å². The van der Waals surface area contributed by atoms with Crippen molar-refractivity contribution in [2.45, 2.75) is 25.8 Å². The summed E-state index contributed by atoms with van der Waals surface area (Å²) in [6, 6.07) is 0.267. The smallest absolute Gasteiger partial charge is 0.414 e. The van der Waals surface area contributed by atoms with Gasteiger partial charge in [-0.1, -0.05) is 13.5 Å². The normalized spacial score (nSPS) is 25.3. The maximum absolute atomic E-state index is 11.0. The van der Waals surface area contributed by atoms with E-state index in [0.29, 0.717) is 5.76 Å². The highest BCUT2D eigenvalue weighted by Crippen LogP contribution is 2.20. The Hall–Kier alpha value is -0.990. The van der Waals surface area contributed by atoms with Crippen LogP contribution in [-0.2, 0) is 4.74 Å². The zero-order valence-electron chi connectivity index (χ0n) is 6.96. The van der Waals surface area contributed by atoms with Gasteiger partial charge in [0.15, 0.2) is 0 Å². The van der Waals surface area contributed by atoms with E-state index >= 15 is 0 Å². The number of carbonyl (C=O) groups excluding carboxylic acids is 1. The minimum absolute atomic E-state index is 0.267. The molecule has 1 fully saturated rings. The van der Waals surface area contributed by atoms with E-state index in [1.807, 2.05) is 6.92 Å². The Kier molecular flexibility index (Phi) is 2.17. The topological polar surface area (TPSA) is 29.5 Å². The van der Waals surface area contributed by atoms with Crippen LogP contribution in [0.4, 0.5) is 4.79 Å². The van der Waals surface area contributed by atoms with Gasteiger partial charge in [0, 0.05) is 19.5 Å². The van der Waals surface area contributed by atoms with E-state index in [9.17, 15) is 4.79 Å². The molecule has 1 atom stereocenters. The van der Waals surface area contributed by atoms with Crippen molar-refractivity contribution in [1.29, 1.82) is 0 Å². The highest BCUT2D eigenvalue weighted by Gasteiger charge is 2.26. The van der Waals surface area contributed by atoms with E-state index in [1.165, 1.54) is 0 Å². The van der Waals surface area contributed by atoms with Gasteiger partial charge in [0.2, 0.25) is 0 Å². The molecule has 1 aliphatic heterocycles. The molecule has 0 saturated carbocycles. The molecule has 0 aromatic heterocycles. The van der Waals surface area contributed by atoms with Gasteiger partial charge in [-0.25, -0.2) is 4.79 Å². The van der Waals surface area contributed by atoms with Crippen molar-refractivity contribution in [3.63, 3.8) is 0 Å². The van der Waals surface area contributed by atoms with E-state index in [1.54, 1.807) is 11.9 Å². The molecule has 1 heterocycles. The van der Waals surface area contributed by atoms with Crippen LogP contribution in [0.3, 0.4) is 0 Å². The monoisotopic (exact) mass is 155 g/mol. The molecule has 1 unspecified atom stereocenters. The second-order valence-corrected chi connectivity index (χ2v) is 2.78. The number of ether oxygens (including phenoxy) is 1. The second kappa shape index (κ2) is 2.95. The van der Waals surface area contributed by atoms with E-state index < -0.39 is 0 Å². The average molecular weight is 155 g/mol. The molecule has 0 aromatic rings. The molecule has 1 amide bonds. The summed E-state index contributed by atoms with van der Waals surface area (Å²) in [4.78, 5) is 12.6. The largest absolute Gasteiger partial charge is 0.415 e. The summed E-state index contributed by atoms with van der Waals surface area (Å²) < 4.78 is 4.82. The number of cyclic esters (lactones) is 1. The summed E-state index contributed by atoms with van der Waals surface area (Å²) in [7, 11) is 1.75. The van der Waals surface area contributed by atoms with Gasteiger partial charge < -0.3 is 9.64 Å². The van der Waals surface area contributed by atoms with Crippen LogP contribution in [0.5, 0.6) is 0 Å². The first-order valence-electron chi connectivity index (χ1n) is 3.77. The molecular weight excluding hydrogens is 142 g/mol. The van der Waals surface area contributed by atoms with Crippen molar-refractivity contribution in [3.05, 3.63) is 12.3 Å². The molecule has 0 aliphatic carbocycles. The van der Waals surface area contributed by atoms with Crippen molar-refractivity contribution in [3.8, 4) is 0 Å². The van der Waals surface area contributed by atoms with E-state index in [4.69, 9.17) is 4.74 Å². The highest BCUT2D eigenvalue weighted by atomic mass is 16.6. The molecule has 0 spiro atoms. The fourth-order valence-corrected chi connectivity index (χ4v) is 1.20. The van der Waals surface area contributed by atoms with E-state index in [2.05, 4.69) is 6.58 Å². The Morgan fingerprint density at radius 1 is 1.82 bits per heavy atom. The van der Waals surface area contributed by atoms with Crippen LogP contribution in [-0.4, -0.2) is 24.1 Å². The van der Waals surface area contributed by atoms with Crippen LogP contribution in [0.2, 0.25) is 0 Å². The third kappa shape index (κ3) is 1.53. The van der Waals surface area contributed by atoms with Crippen molar-refractivity contribution in [2.75, 3.05) is 7.05 Å². The summed E-state index contributed by atoms with van der Waals surface area (Å²) in [5.74, 6) is 0.583. The summed E-state index contributed by atoms with van der Waals surface area (Å²) in [6.45, 7) is 5.68. The summed E-state index contributed by atoms with van der Waals surface area (Å²) in [6.07, 6.45) is 1.43. The van der Waals surface area contributed by atoms with Crippen molar-refractivity contribution in [2.24, 2.45) is 0 Å². The molecule has 1 aliphatic rings. The quantitative estimate of drug-likeness (QED) is 0.577. The Morgan fingerprint density at radius 3 is 3.00 bits per heavy atom. The lowest BCUT2D eigenvalue weighted by Gasteiger charge is -2.31. The van der Waals surface area contributed by atoms with Gasteiger partial charge in [-0.3, -0.25) is 0 Å². The van der Waals surface area contributed by atoms with Gasteiger partial charge in [-0.2, -0.15) is 0 Å². The highest BCUT2D eigenvalue weighted by molar-refractivity contribution is 5.70. The predicted octanol–water partition coefficient (Wildman–Crippen LogP) is 1.75. The first-order chi connectivity index (χ1) is 5.15. The Balaban J connectivity index is 2.66. The predicted molar refractivity (Wildman–Crippen MR) is 42.1 cm³/mol. The fraction of sp³-hybridized carbons (Fsp3) is 0.625. The standard InChI is InChI=1S/C8H13NO2/c1-4-7-5-6(2)11-8(10)9(7)3/h7H,2,4-5H2,1,3H3. The van der Waals surface area contributed by atoms with Crippen molar-refractivity contribution in [1.82, 2.24) is 4.90 Å². The molecule has 0 bridgehead atoms. The number of hydrogen-bond donors (Lipinski definition) is 0. The van der Waals surface area contributed by atoms with E-state index in [-0.39, 0.29) is 12.1 Å². The van der Waals surface area contributed by atoms with Crippen LogP contribution in [0.1, 0.15) is 19.8 Å². The fourth-order valence-electron chi connectivity index (χ4n) is 1.20. The molecule has 3 heteroatoms. The number of carbonyl (C=O) groups is 1. The Bertz CT molecular complexity index is 189. The maximum atomic E-state index is 11.0. The molecule has 1 saturated heterocycles. The van der Waals surface area contributed by atoms with Crippen LogP contribution < -0.4 is 0 Å². The first-order valence-corrected chi connectivity index (χ1v) is 3.77. The molecule has 1 rings (SSSR count). The van der Waals surface area contributed by atoms with Gasteiger partial charge in [-0.05, 0) is 6.42 Å². The Labute approximate surface area is 66.6 Å². The van der Waals surface area contributed by atoms with E-state index in [0.717, 1.165) is 12.8 Å². The zero-order chi connectivity index (χ0) is 8.43. The van der Waals surface area contributed by atoms with Gasteiger partial charge in [0.1, 0.15) is 5.76 Å². The lowest BCUT2D eigenvalue weighted by molar-refractivity contribution is 0.0891. The van der Waals surface area contributed by atoms with Crippen LogP contribution in [0.25, 0.3) is 0 Å². The number of rotatable bonds is 1. The lowest BCUT2D eigenvalue weighted by atomic mass is 10.1. The van der Waals surface area contributed by atoms with Gasteiger partial charge in [-0.15, -0.1) is 0 Å². The van der Waals surface area contributed by atoms with Gasteiger partial charge in [0.25, 0.3) is 0 Å². The number of amides is 1. The molecule has 0 aromatic carbocycles. The number of nitrogens with zero attached hydrogens (tertiary/aromatic N) is 1. The molecule has 11 heavy (non-hydrogen) atoms. The van der Waals surface area contributed by atoms with Gasteiger partial charge in [0.05, 0.1) is 0 Å². The summed E-state index contributed by atoms with van der Waals surface area (Å²) in [5.41, 5.74) is 0. The van der Waals surface area contributed by atoms with Crippen LogP contribution in [0, 0.1) is 0 Å².